The maximum Gasteiger partial charge on any atom is 0.0785 e. The van der Waals surface area contributed by atoms with E-state index in [9.17, 15) is 0 Å². The topological polar surface area (TPSA) is 44.5 Å². The minimum absolute atomic E-state index is 0.117. The van der Waals surface area contributed by atoms with E-state index in [1.807, 2.05) is 27.7 Å². The van der Waals surface area contributed by atoms with E-state index in [0.29, 0.717) is 24.8 Å². The van der Waals surface area contributed by atoms with Crippen LogP contribution in [0.25, 0.3) is 0 Å². The first-order valence-electron chi connectivity index (χ1n) is 5.35. The Labute approximate surface area is 98.3 Å². The fourth-order valence-electron chi connectivity index (χ4n) is 0.895. The molecule has 0 heterocycles. The van der Waals surface area contributed by atoms with Gasteiger partial charge in [-0.05, 0) is 20.3 Å². The summed E-state index contributed by atoms with van der Waals surface area (Å²) in [7, 11) is 0. The summed E-state index contributed by atoms with van der Waals surface area (Å²) < 4.78 is 10.8. The van der Waals surface area contributed by atoms with Crippen molar-refractivity contribution in [3.63, 3.8) is 0 Å². The largest absolute Gasteiger partial charge is 0.393 e. The molecular weight excluding hydrogens is 210 g/mol. The highest BCUT2D eigenvalue weighted by Crippen LogP contribution is 2.20. The van der Waals surface area contributed by atoms with E-state index in [2.05, 4.69) is 0 Å². The number of hydrogen-bond acceptors (Lipinski definition) is 3. The molecule has 0 fully saturated rings. The summed E-state index contributed by atoms with van der Waals surface area (Å²) in [5, 5.41) is 0. The molecule has 0 saturated carbocycles. The molecular formula is C11H23NO2S. The number of thiocarbonyl (C=S) groups is 1. The van der Waals surface area contributed by atoms with Gasteiger partial charge in [0.05, 0.1) is 24.3 Å². The van der Waals surface area contributed by atoms with E-state index >= 15 is 0 Å². The second-order valence-electron chi connectivity index (χ2n) is 4.53. The zero-order chi connectivity index (χ0) is 11.9. The Morgan fingerprint density at radius 1 is 1.27 bits per heavy atom. The lowest BCUT2D eigenvalue weighted by atomic mass is 9.90. The predicted molar refractivity (Wildman–Crippen MR) is 67.1 cm³/mol. The van der Waals surface area contributed by atoms with Crippen LogP contribution in [0.2, 0.25) is 0 Å². The Hall–Kier alpha value is -0.190. The summed E-state index contributed by atoms with van der Waals surface area (Å²) in [6.45, 7) is 10.0. The van der Waals surface area contributed by atoms with Gasteiger partial charge in [-0.15, -0.1) is 0 Å². The van der Waals surface area contributed by atoms with Gasteiger partial charge < -0.3 is 15.2 Å². The zero-order valence-corrected chi connectivity index (χ0v) is 11.0. The zero-order valence-electron chi connectivity index (χ0n) is 10.2. The van der Waals surface area contributed by atoms with Crippen molar-refractivity contribution in [2.24, 2.45) is 11.1 Å². The molecule has 3 nitrogen and oxygen atoms in total. The van der Waals surface area contributed by atoms with Crippen molar-refractivity contribution in [1.82, 2.24) is 0 Å². The van der Waals surface area contributed by atoms with Gasteiger partial charge in [-0.2, -0.15) is 0 Å². The van der Waals surface area contributed by atoms with Crippen LogP contribution in [-0.2, 0) is 9.47 Å². The molecule has 4 heteroatoms. The predicted octanol–water partition coefficient (Wildman–Crippen LogP) is 2.13. The quantitative estimate of drug-likeness (QED) is 0.515. The first kappa shape index (κ1) is 14.8. The van der Waals surface area contributed by atoms with E-state index < -0.39 is 0 Å². The third-order valence-corrected chi connectivity index (χ3v) is 2.77. The van der Waals surface area contributed by atoms with Crippen molar-refractivity contribution >= 4 is 17.2 Å². The highest BCUT2D eigenvalue weighted by molar-refractivity contribution is 7.80. The summed E-state index contributed by atoms with van der Waals surface area (Å²) in [6, 6.07) is 0. The van der Waals surface area contributed by atoms with Gasteiger partial charge in [-0.25, -0.2) is 0 Å². The van der Waals surface area contributed by atoms with E-state index in [-0.39, 0.29) is 11.5 Å². The third-order valence-electron chi connectivity index (χ3n) is 2.22. The fourth-order valence-corrected chi connectivity index (χ4v) is 0.997. The molecule has 0 radical (unpaired) electrons. The second-order valence-corrected chi connectivity index (χ2v) is 4.97. The lowest BCUT2D eigenvalue weighted by Gasteiger charge is -2.22. The van der Waals surface area contributed by atoms with Crippen LogP contribution in [0.15, 0.2) is 0 Å². The van der Waals surface area contributed by atoms with Crippen LogP contribution in [-0.4, -0.2) is 30.9 Å². The summed E-state index contributed by atoms with van der Waals surface area (Å²) in [4.78, 5) is 0.546. The molecule has 0 aliphatic heterocycles. The van der Waals surface area contributed by atoms with E-state index in [4.69, 9.17) is 27.4 Å². The fraction of sp³-hybridized carbons (Fsp3) is 0.909. The number of rotatable bonds is 8. The molecule has 0 amide bonds. The Balaban J connectivity index is 3.43. The molecule has 0 rings (SSSR count). The van der Waals surface area contributed by atoms with Gasteiger partial charge in [0, 0.05) is 12.0 Å². The maximum absolute atomic E-state index is 5.60. The summed E-state index contributed by atoms with van der Waals surface area (Å²) in [6.07, 6.45) is 1.12. The molecule has 15 heavy (non-hydrogen) atoms. The van der Waals surface area contributed by atoms with Gasteiger partial charge >= 0.3 is 0 Å². The first-order valence-corrected chi connectivity index (χ1v) is 5.76. The van der Waals surface area contributed by atoms with Crippen LogP contribution in [0.3, 0.4) is 0 Å². The smallest absolute Gasteiger partial charge is 0.0785 e. The van der Waals surface area contributed by atoms with Crippen molar-refractivity contribution in [2.75, 3.05) is 19.8 Å². The van der Waals surface area contributed by atoms with Crippen LogP contribution >= 0.6 is 12.2 Å². The highest BCUT2D eigenvalue weighted by atomic mass is 32.1. The average molecular weight is 233 g/mol. The third kappa shape index (κ3) is 7.71. The number of hydrogen-bond donors (Lipinski definition) is 1. The van der Waals surface area contributed by atoms with Crippen molar-refractivity contribution in [3.05, 3.63) is 0 Å². The lowest BCUT2D eigenvalue weighted by Crippen LogP contribution is -2.31. The summed E-state index contributed by atoms with van der Waals surface area (Å²) in [5.74, 6) is 0. The number of ether oxygens (including phenoxy) is 2. The van der Waals surface area contributed by atoms with Crippen molar-refractivity contribution in [3.8, 4) is 0 Å². The van der Waals surface area contributed by atoms with Crippen molar-refractivity contribution < 1.29 is 9.47 Å². The molecule has 0 atom stereocenters. The Bertz CT molecular complexity index is 193. The molecule has 0 aliphatic carbocycles. The number of nitrogens with two attached hydrogens (primary N) is 1. The van der Waals surface area contributed by atoms with Gasteiger partial charge in [0.1, 0.15) is 0 Å². The Kier molecular flexibility index (Phi) is 7.05. The second kappa shape index (κ2) is 7.14. The summed E-state index contributed by atoms with van der Waals surface area (Å²) >= 11 is 4.96. The molecule has 0 unspecified atom stereocenters. The van der Waals surface area contributed by atoms with Gasteiger partial charge in [-0.1, -0.05) is 26.1 Å². The van der Waals surface area contributed by atoms with E-state index in [0.717, 1.165) is 6.42 Å². The van der Waals surface area contributed by atoms with Gasteiger partial charge in [-0.3, -0.25) is 0 Å². The van der Waals surface area contributed by atoms with Crippen molar-refractivity contribution in [2.45, 2.75) is 40.2 Å². The normalized spacial score (nSPS) is 12.1. The molecule has 0 bridgehead atoms. The monoisotopic (exact) mass is 233 g/mol. The first-order chi connectivity index (χ1) is 6.86. The molecule has 0 aromatic heterocycles. The molecule has 2 N–H and O–H groups in total. The van der Waals surface area contributed by atoms with Crippen LogP contribution in [0.1, 0.15) is 34.1 Å². The van der Waals surface area contributed by atoms with Crippen LogP contribution in [0.4, 0.5) is 0 Å². The van der Waals surface area contributed by atoms with Crippen molar-refractivity contribution in [1.29, 1.82) is 0 Å². The molecule has 0 spiro atoms. The van der Waals surface area contributed by atoms with Gasteiger partial charge in [0.25, 0.3) is 0 Å². The van der Waals surface area contributed by atoms with Crippen LogP contribution < -0.4 is 5.73 Å². The van der Waals surface area contributed by atoms with Crippen LogP contribution in [0, 0.1) is 5.41 Å². The molecule has 0 saturated heterocycles. The minimum Gasteiger partial charge on any atom is -0.393 e. The SMILES string of the molecule is CC(C)OCCOCCC(C)(C)C(N)=S. The highest BCUT2D eigenvalue weighted by Gasteiger charge is 2.20. The van der Waals surface area contributed by atoms with Crippen LogP contribution in [0.5, 0.6) is 0 Å². The lowest BCUT2D eigenvalue weighted by molar-refractivity contribution is 0.0157. The Morgan fingerprint density at radius 2 is 1.87 bits per heavy atom. The molecule has 0 aromatic carbocycles. The Morgan fingerprint density at radius 3 is 2.33 bits per heavy atom. The van der Waals surface area contributed by atoms with E-state index in [1.54, 1.807) is 0 Å². The average Bonchev–Trinajstić information content (AvgIpc) is 2.10. The van der Waals surface area contributed by atoms with E-state index in [1.165, 1.54) is 0 Å². The standard InChI is InChI=1S/C11H23NO2S/c1-9(2)14-8-7-13-6-5-11(3,4)10(12)15/h9H,5-8H2,1-4H3,(H2,12,15). The summed E-state index contributed by atoms with van der Waals surface area (Å²) in [5.41, 5.74) is 5.49. The minimum atomic E-state index is -0.117. The van der Waals surface area contributed by atoms with Gasteiger partial charge in [0.2, 0.25) is 0 Å². The molecule has 90 valence electrons. The molecule has 0 aromatic rings. The van der Waals surface area contributed by atoms with Gasteiger partial charge in [0.15, 0.2) is 0 Å². The maximum atomic E-state index is 5.60. The molecule has 0 aliphatic rings.